The largest absolute Gasteiger partial charge is 0.500 e. The molecule has 1 atom stereocenters. The van der Waals surface area contributed by atoms with Crippen LogP contribution in [0.1, 0.15) is 52.9 Å². The van der Waals surface area contributed by atoms with E-state index < -0.39 is 8.80 Å². The highest BCUT2D eigenvalue weighted by Gasteiger charge is 2.40. The van der Waals surface area contributed by atoms with Crippen LogP contribution in [0.2, 0.25) is 6.04 Å². The van der Waals surface area contributed by atoms with Gasteiger partial charge in [0.25, 0.3) is 0 Å². The van der Waals surface area contributed by atoms with Crippen LogP contribution in [0.4, 0.5) is 0 Å². The van der Waals surface area contributed by atoms with E-state index in [-0.39, 0.29) is 6.04 Å². The Morgan fingerprint density at radius 2 is 1.35 bits per heavy atom. The topological polar surface area (TPSA) is 79.7 Å². The third-order valence-corrected chi connectivity index (χ3v) is 5.84. The summed E-state index contributed by atoms with van der Waals surface area (Å²) >= 11 is 0. The van der Waals surface area contributed by atoms with E-state index in [4.69, 9.17) is 24.7 Å². The predicted molar refractivity (Wildman–Crippen MR) is 85.6 cm³/mol. The van der Waals surface area contributed by atoms with Crippen molar-refractivity contribution < 1.29 is 13.3 Å². The van der Waals surface area contributed by atoms with Crippen molar-refractivity contribution in [1.82, 2.24) is 0 Å². The minimum atomic E-state index is -2.53. The van der Waals surface area contributed by atoms with E-state index in [0.29, 0.717) is 26.4 Å². The van der Waals surface area contributed by atoms with Gasteiger partial charge in [0, 0.05) is 38.5 Å². The predicted octanol–water partition coefficient (Wildman–Crippen LogP) is 2.27. The van der Waals surface area contributed by atoms with E-state index in [1.807, 2.05) is 0 Å². The van der Waals surface area contributed by atoms with Gasteiger partial charge in [-0.2, -0.15) is 0 Å². The zero-order valence-corrected chi connectivity index (χ0v) is 14.5. The summed E-state index contributed by atoms with van der Waals surface area (Å²) in [6.45, 7) is 8.92. The molecule has 6 heteroatoms. The number of rotatable bonds is 14. The lowest BCUT2D eigenvalue weighted by atomic mass is 10.2. The summed E-state index contributed by atoms with van der Waals surface area (Å²) in [5.74, 6) is 0. The molecule has 0 rings (SSSR count). The average Bonchev–Trinajstić information content (AvgIpc) is 2.48. The molecule has 0 amide bonds. The molecule has 0 radical (unpaired) electrons. The highest BCUT2D eigenvalue weighted by atomic mass is 28.4. The Labute approximate surface area is 125 Å². The molecule has 0 aliphatic rings. The fourth-order valence-corrected chi connectivity index (χ4v) is 4.68. The molecular formula is C14H34N2O3Si. The van der Waals surface area contributed by atoms with Crippen molar-refractivity contribution >= 4 is 8.80 Å². The first kappa shape index (κ1) is 20.0. The van der Waals surface area contributed by atoms with Crippen molar-refractivity contribution in [3.8, 4) is 0 Å². The lowest BCUT2D eigenvalue weighted by Gasteiger charge is -2.30. The molecule has 20 heavy (non-hydrogen) atoms. The van der Waals surface area contributed by atoms with Crippen molar-refractivity contribution in [3.05, 3.63) is 0 Å². The monoisotopic (exact) mass is 306 g/mol. The second-order valence-electron chi connectivity index (χ2n) is 5.12. The second kappa shape index (κ2) is 12.7. The normalized spacial score (nSPS) is 13.7. The Kier molecular flexibility index (Phi) is 12.7. The third kappa shape index (κ3) is 9.04. The van der Waals surface area contributed by atoms with Gasteiger partial charge in [0.1, 0.15) is 0 Å². The van der Waals surface area contributed by atoms with Crippen LogP contribution in [0.25, 0.3) is 0 Å². The van der Waals surface area contributed by atoms with E-state index in [9.17, 15) is 0 Å². The Hall–Kier alpha value is 0.0169. The maximum Gasteiger partial charge on any atom is 0.500 e. The molecule has 0 spiro atoms. The van der Waals surface area contributed by atoms with Crippen LogP contribution >= 0.6 is 0 Å². The minimum Gasteiger partial charge on any atom is -0.373 e. The van der Waals surface area contributed by atoms with Crippen molar-refractivity contribution in [2.45, 2.75) is 65.0 Å². The van der Waals surface area contributed by atoms with E-state index >= 15 is 0 Å². The molecular weight excluding hydrogens is 272 g/mol. The van der Waals surface area contributed by atoms with Gasteiger partial charge in [0.2, 0.25) is 0 Å². The minimum absolute atomic E-state index is 0.0604. The zero-order valence-electron chi connectivity index (χ0n) is 13.5. The van der Waals surface area contributed by atoms with Crippen LogP contribution in [-0.2, 0) is 13.3 Å². The molecule has 0 heterocycles. The standard InChI is InChI=1S/C14H34N2O3Si/c1-4-9-17-20(18-10-5-2,19-11-6-3)12-7-8-14(16)13-15/h14H,4-13,15-16H2,1-3H3. The van der Waals surface area contributed by atoms with Gasteiger partial charge in [0.05, 0.1) is 0 Å². The van der Waals surface area contributed by atoms with Gasteiger partial charge < -0.3 is 24.7 Å². The molecule has 0 aromatic heterocycles. The van der Waals surface area contributed by atoms with Crippen molar-refractivity contribution in [2.24, 2.45) is 11.5 Å². The van der Waals surface area contributed by atoms with Crippen LogP contribution in [0.5, 0.6) is 0 Å². The molecule has 0 fully saturated rings. The lowest BCUT2D eigenvalue weighted by Crippen LogP contribution is -2.46. The zero-order chi connectivity index (χ0) is 15.3. The third-order valence-electron chi connectivity index (χ3n) is 2.94. The highest BCUT2D eigenvalue weighted by molar-refractivity contribution is 6.60. The van der Waals surface area contributed by atoms with Crippen molar-refractivity contribution in [1.29, 1.82) is 0 Å². The van der Waals surface area contributed by atoms with Gasteiger partial charge in [-0.3, -0.25) is 0 Å². The Bertz CT molecular complexity index is 199. The summed E-state index contributed by atoms with van der Waals surface area (Å²) in [5.41, 5.74) is 11.4. The number of nitrogens with two attached hydrogens (primary N) is 2. The molecule has 4 N–H and O–H groups in total. The van der Waals surface area contributed by atoms with Crippen LogP contribution < -0.4 is 11.5 Å². The SMILES string of the molecule is CCCO[Si](CCCC(N)CN)(OCCC)OCCC. The first-order valence-corrected chi connectivity index (χ1v) is 9.94. The molecule has 0 aromatic carbocycles. The molecule has 122 valence electrons. The number of hydrogen-bond acceptors (Lipinski definition) is 5. The highest BCUT2D eigenvalue weighted by Crippen LogP contribution is 2.20. The average molecular weight is 307 g/mol. The van der Waals surface area contributed by atoms with Gasteiger partial charge in [-0.05, 0) is 32.1 Å². The van der Waals surface area contributed by atoms with Crippen LogP contribution in [0.15, 0.2) is 0 Å². The summed E-state index contributed by atoms with van der Waals surface area (Å²) in [5, 5.41) is 0. The molecule has 0 aliphatic heterocycles. The quantitative estimate of drug-likeness (QED) is 0.481. The van der Waals surface area contributed by atoms with Gasteiger partial charge in [0.15, 0.2) is 0 Å². The second-order valence-corrected chi connectivity index (χ2v) is 7.85. The van der Waals surface area contributed by atoms with Crippen LogP contribution in [0.3, 0.4) is 0 Å². The first-order valence-electron chi connectivity index (χ1n) is 8.01. The molecule has 0 aliphatic carbocycles. The Morgan fingerprint density at radius 3 is 1.70 bits per heavy atom. The summed E-state index contributed by atoms with van der Waals surface area (Å²) in [6.07, 6.45) is 4.76. The molecule has 0 bridgehead atoms. The molecule has 1 unspecified atom stereocenters. The summed E-state index contributed by atoms with van der Waals surface area (Å²) in [6, 6.07) is 0.894. The Balaban J connectivity index is 4.49. The van der Waals surface area contributed by atoms with Crippen LogP contribution in [-0.4, -0.2) is 41.2 Å². The van der Waals surface area contributed by atoms with Crippen molar-refractivity contribution in [2.75, 3.05) is 26.4 Å². The van der Waals surface area contributed by atoms with E-state index in [2.05, 4.69) is 20.8 Å². The van der Waals surface area contributed by atoms with Crippen LogP contribution in [0, 0.1) is 0 Å². The molecule has 0 saturated heterocycles. The van der Waals surface area contributed by atoms with E-state index in [1.165, 1.54) is 0 Å². The summed E-state index contributed by atoms with van der Waals surface area (Å²) in [4.78, 5) is 0. The first-order chi connectivity index (χ1) is 9.64. The molecule has 5 nitrogen and oxygen atoms in total. The number of hydrogen-bond donors (Lipinski definition) is 2. The molecule has 0 aromatic rings. The lowest BCUT2D eigenvalue weighted by molar-refractivity contribution is 0.0585. The van der Waals surface area contributed by atoms with Crippen molar-refractivity contribution in [3.63, 3.8) is 0 Å². The molecule has 0 saturated carbocycles. The summed E-state index contributed by atoms with van der Waals surface area (Å²) < 4.78 is 18.1. The van der Waals surface area contributed by atoms with Gasteiger partial charge in [-0.1, -0.05) is 20.8 Å². The summed E-state index contributed by atoms with van der Waals surface area (Å²) in [7, 11) is -2.53. The fraction of sp³-hybridized carbons (Fsp3) is 1.00. The maximum atomic E-state index is 6.02. The fourth-order valence-electron chi connectivity index (χ4n) is 1.81. The van der Waals surface area contributed by atoms with Gasteiger partial charge in [-0.15, -0.1) is 0 Å². The van der Waals surface area contributed by atoms with E-state index in [0.717, 1.165) is 38.1 Å². The van der Waals surface area contributed by atoms with E-state index in [1.54, 1.807) is 0 Å². The van der Waals surface area contributed by atoms with Gasteiger partial charge >= 0.3 is 8.80 Å². The maximum absolute atomic E-state index is 6.02. The smallest absolute Gasteiger partial charge is 0.373 e. The van der Waals surface area contributed by atoms with Gasteiger partial charge in [-0.25, -0.2) is 0 Å². The Morgan fingerprint density at radius 1 is 0.900 bits per heavy atom.